The van der Waals surface area contributed by atoms with E-state index in [1.807, 2.05) is 11.8 Å². The highest BCUT2D eigenvalue weighted by Crippen LogP contribution is 2.19. The molecule has 0 aliphatic carbocycles. The Labute approximate surface area is 158 Å². The van der Waals surface area contributed by atoms with Gasteiger partial charge in [-0.05, 0) is 24.1 Å². The average molecular weight is 375 g/mol. The third-order valence-corrected chi connectivity index (χ3v) is 5.29. The van der Waals surface area contributed by atoms with Gasteiger partial charge in [0.2, 0.25) is 11.8 Å². The molecular formula is C19H26N4O2S. The molecule has 7 heteroatoms. The van der Waals surface area contributed by atoms with Crippen molar-refractivity contribution >= 4 is 23.4 Å². The van der Waals surface area contributed by atoms with Gasteiger partial charge >= 0.3 is 0 Å². The number of hydrogen-bond donors (Lipinski definition) is 1. The number of carbonyl (C=O) groups is 1. The van der Waals surface area contributed by atoms with E-state index >= 15 is 0 Å². The molecule has 2 aromatic rings. The highest BCUT2D eigenvalue weighted by molar-refractivity contribution is 7.99. The van der Waals surface area contributed by atoms with Crippen LogP contribution < -0.4 is 10.2 Å². The lowest BCUT2D eigenvalue weighted by atomic mass is 10.2. The van der Waals surface area contributed by atoms with E-state index in [-0.39, 0.29) is 5.91 Å². The molecule has 1 aliphatic rings. The van der Waals surface area contributed by atoms with Crippen LogP contribution in [0.25, 0.3) is 0 Å². The zero-order valence-corrected chi connectivity index (χ0v) is 16.1. The van der Waals surface area contributed by atoms with Crippen molar-refractivity contribution < 1.29 is 9.32 Å². The van der Waals surface area contributed by atoms with Gasteiger partial charge in [-0.15, -0.1) is 0 Å². The molecule has 1 aliphatic heterocycles. The molecule has 2 heterocycles. The van der Waals surface area contributed by atoms with E-state index in [4.69, 9.17) is 4.52 Å². The number of aryl methyl sites for hydroxylation is 2. The van der Waals surface area contributed by atoms with Crippen molar-refractivity contribution in [2.75, 3.05) is 29.5 Å². The van der Waals surface area contributed by atoms with E-state index in [0.717, 1.165) is 37.3 Å². The number of nitrogens with zero attached hydrogens (tertiary/aromatic N) is 3. The molecule has 0 saturated carbocycles. The fraction of sp³-hybridized carbons (Fsp3) is 0.526. The fourth-order valence-electron chi connectivity index (χ4n) is 2.87. The Kier molecular flexibility index (Phi) is 6.94. The maximum absolute atomic E-state index is 12.0. The second-order valence-corrected chi connectivity index (χ2v) is 7.62. The minimum atomic E-state index is -0.00243. The van der Waals surface area contributed by atoms with Crippen molar-refractivity contribution in [1.82, 2.24) is 15.5 Å². The van der Waals surface area contributed by atoms with E-state index < -0.39 is 0 Å². The van der Waals surface area contributed by atoms with E-state index in [1.54, 1.807) is 0 Å². The summed E-state index contributed by atoms with van der Waals surface area (Å²) in [6.07, 6.45) is 2.63. The monoisotopic (exact) mass is 374 g/mol. The van der Waals surface area contributed by atoms with Crippen molar-refractivity contribution in [3.8, 4) is 0 Å². The molecule has 1 aromatic heterocycles. The number of benzene rings is 1. The molecule has 0 radical (unpaired) electrons. The molecule has 6 nitrogen and oxygen atoms in total. The SMILES string of the molecule is CCCc1noc(CCC(=O)NCc2ccc(N3CCSCC3)cc2)n1. The fourth-order valence-corrected chi connectivity index (χ4v) is 3.78. The molecule has 26 heavy (non-hydrogen) atoms. The summed E-state index contributed by atoms with van der Waals surface area (Å²) in [5.41, 5.74) is 2.37. The minimum Gasteiger partial charge on any atom is -0.370 e. The number of nitrogens with one attached hydrogen (secondary N) is 1. The molecule has 3 rings (SSSR count). The van der Waals surface area contributed by atoms with Crippen LogP contribution in [0.5, 0.6) is 0 Å². The van der Waals surface area contributed by atoms with E-state index in [9.17, 15) is 4.79 Å². The second kappa shape index (κ2) is 9.62. The largest absolute Gasteiger partial charge is 0.370 e. The Balaban J connectivity index is 1.40. The summed E-state index contributed by atoms with van der Waals surface area (Å²) in [5.74, 6) is 3.63. The van der Waals surface area contributed by atoms with Crippen molar-refractivity contribution in [1.29, 1.82) is 0 Å². The first-order valence-corrected chi connectivity index (χ1v) is 10.4. The zero-order valence-electron chi connectivity index (χ0n) is 15.2. The third kappa shape index (κ3) is 5.49. The predicted octanol–water partition coefficient (Wildman–Crippen LogP) is 2.82. The number of rotatable bonds is 8. The van der Waals surface area contributed by atoms with Crippen LogP contribution in [0, 0.1) is 0 Å². The normalized spacial score (nSPS) is 14.4. The maximum atomic E-state index is 12.0. The summed E-state index contributed by atoms with van der Waals surface area (Å²) < 4.78 is 5.15. The molecule has 0 unspecified atom stereocenters. The molecule has 1 saturated heterocycles. The molecule has 0 atom stereocenters. The number of anilines is 1. The molecule has 1 N–H and O–H groups in total. The first-order valence-electron chi connectivity index (χ1n) is 9.24. The van der Waals surface area contributed by atoms with Gasteiger partial charge in [0.05, 0.1) is 0 Å². The van der Waals surface area contributed by atoms with E-state index in [0.29, 0.717) is 25.3 Å². The lowest BCUT2D eigenvalue weighted by Gasteiger charge is -2.28. The van der Waals surface area contributed by atoms with Crippen LogP contribution in [0.3, 0.4) is 0 Å². The first-order chi connectivity index (χ1) is 12.7. The van der Waals surface area contributed by atoms with Crippen molar-refractivity contribution in [2.45, 2.75) is 39.2 Å². The minimum absolute atomic E-state index is 0.00243. The Morgan fingerprint density at radius 1 is 1.23 bits per heavy atom. The standard InChI is InChI=1S/C19H26N4O2S/c1-2-3-17-21-19(25-22-17)9-8-18(24)20-14-15-4-6-16(7-5-15)23-10-12-26-13-11-23/h4-7H,2-3,8-14H2,1H3,(H,20,24). The summed E-state index contributed by atoms with van der Waals surface area (Å²) in [6.45, 7) is 4.83. The number of aromatic nitrogens is 2. The number of carbonyl (C=O) groups excluding carboxylic acids is 1. The summed E-state index contributed by atoms with van der Waals surface area (Å²) in [5, 5.41) is 6.86. The molecule has 140 valence electrons. The molecule has 0 bridgehead atoms. The molecule has 0 spiro atoms. The highest BCUT2D eigenvalue weighted by Gasteiger charge is 2.11. The van der Waals surface area contributed by atoms with Crippen LogP contribution in [0.1, 0.15) is 37.0 Å². The quantitative estimate of drug-likeness (QED) is 0.766. The van der Waals surface area contributed by atoms with Gasteiger partial charge in [-0.3, -0.25) is 4.79 Å². The molecule has 1 aromatic carbocycles. The Hall–Kier alpha value is -2.02. The second-order valence-electron chi connectivity index (χ2n) is 6.40. The van der Waals surface area contributed by atoms with E-state index in [2.05, 4.69) is 51.5 Å². The lowest BCUT2D eigenvalue weighted by Crippen LogP contribution is -2.32. The first kappa shape index (κ1) is 18.8. The predicted molar refractivity (Wildman–Crippen MR) is 104 cm³/mol. The Morgan fingerprint density at radius 3 is 2.73 bits per heavy atom. The number of amides is 1. The summed E-state index contributed by atoms with van der Waals surface area (Å²) >= 11 is 2.01. The van der Waals surface area contributed by atoms with Gasteiger partial charge in [0.1, 0.15) is 0 Å². The Bertz CT molecular complexity index is 696. The average Bonchev–Trinajstić information content (AvgIpc) is 3.14. The third-order valence-electron chi connectivity index (χ3n) is 4.35. The van der Waals surface area contributed by atoms with Gasteiger partial charge in [-0.1, -0.05) is 24.2 Å². The summed E-state index contributed by atoms with van der Waals surface area (Å²) in [4.78, 5) is 18.7. The van der Waals surface area contributed by atoms with Gasteiger partial charge in [-0.2, -0.15) is 16.7 Å². The van der Waals surface area contributed by atoms with Gasteiger partial charge in [0, 0.05) is 56.1 Å². The van der Waals surface area contributed by atoms with Crippen LogP contribution in [0.4, 0.5) is 5.69 Å². The van der Waals surface area contributed by atoms with Gasteiger partial charge < -0.3 is 14.7 Å². The maximum Gasteiger partial charge on any atom is 0.227 e. The number of hydrogen-bond acceptors (Lipinski definition) is 6. The van der Waals surface area contributed by atoms with Gasteiger partial charge in [0.15, 0.2) is 5.82 Å². The van der Waals surface area contributed by atoms with Crippen molar-refractivity contribution in [3.63, 3.8) is 0 Å². The van der Waals surface area contributed by atoms with Crippen LogP contribution in [-0.4, -0.2) is 40.6 Å². The molecule has 1 fully saturated rings. The lowest BCUT2D eigenvalue weighted by molar-refractivity contribution is -0.121. The zero-order chi connectivity index (χ0) is 18.2. The van der Waals surface area contributed by atoms with Gasteiger partial charge in [-0.25, -0.2) is 0 Å². The number of thioether (sulfide) groups is 1. The van der Waals surface area contributed by atoms with Crippen LogP contribution in [0.15, 0.2) is 28.8 Å². The van der Waals surface area contributed by atoms with Crippen LogP contribution >= 0.6 is 11.8 Å². The topological polar surface area (TPSA) is 71.3 Å². The van der Waals surface area contributed by atoms with Gasteiger partial charge in [0.25, 0.3) is 0 Å². The molecular weight excluding hydrogens is 348 g/mol. The Morgan fingerprint density at radius 2 is 2.00 bits per heavy atom. The van der Waals surface area contributed by atoms with Crippen molar-refractivity contribution in [3.05, 3.63) is 41.5 Å². The summed E-state index contributed by atoms with van der Waals surface area (Å²) in [7, 11) is 0. The highest BCUT2D eigenvalue weighted by atomic mass is 32.2. The smallest absolute Gasteiger partial charge is 0.227 e. The summed E-state index contributed by atoms with van der Waals surface area (Å²) in [6, 6.07) is 8.47. The molecule has 1 amide bonds. The van der Waals surface area contributed by atoms with Crippen LogP contribution in [-0.2, 0) is 24.2 Å². The van der Waals surface area contributed by atoms with Crippen molar-refractivity contribution in [2.24, 2.45) is 0 Å². The van der Waals surface area contributed by atoms with E-state index in [1.165, 1.54) is 17.2 Å². The van der Waals surface area contributed by atoms with Crippen LogP contribution in [0.2, 0.25) is 0 Å².